The van der Waals surface area contributed by atoms with E-state index in [4.69, 9.17) is 10.5 Å². The van der Waals surface area contributed by atoms with Crippen LogP contribution in [0.4, 0.5) is 4.79 Å². The SMILES string of the molecule is CC(NC(=O)CNC(=O)OCc1ccccc1)C(N)=O. The lowest BCUT2D eigenvalue weighted by Crippen LogP contribution is -2.46. The van der Waals surface area contributed by atoms with E-state index in [9.17, 15) is 14.4 Å². The van der Waals surface area contributed by atoms with Crippen molar-refractivity contribution >= 4 is 17.9 Å². The van der Waals surface area contributed by atoms with Gasteiger partial charge in [0.05, 0.1) is 0 Å². The van der Waals surface area contributed by atoms with E-state index in [1.165, 1.54) is 6.92 Å². The molecule has 108 valence electrons. The maximum atomic E-state index is 11.3. The molecule has 0 saturated carbocycles. The molecular formula is C13H17N3O4. The number of benzene rings is 1. The third-order valence-electron chi connectivity index (χ3n) is 2.41. The summed E-state index contributed by atoms with van der Waals surface area (Å²) in [7, 11) is 0. The largest absolute Gasteiger partial charge is 0.445 e. The summed E-state index contributed by atoms with van der Waals surface area (Å²) in [4.78, 5) is 33.4. The van der Waals surface area contributed by atoms with Gasteiger partial charge in [-0.25, -0.2) is 4.79 Å². The zero-order valence-corrected chi connectivity index (χ0v) is 11.1. The van der Waals surface area contributed by atoms with Gasteiger partial charge in [-0.05, 0) is 12.5 Å². The minimum Gasteiger partial charge on any atom is -0.445 e. The first kappa shape index (κ1) is 15.5. The van der Waals surface area contributed by atoms with Crippen molar-refractivity contribution < 1.29 is 19.1 Å². The van der Waals surface area contributed by atoms with Crippen LogP contribution in [0.3, 0.4) is 0 Å². The van der Waals surface area contributed by atoms with Crippen LogP contribution in [0.15, 0.2) is 30.3 Å². The van der Waals surface area contributed by atoms with Gasteiger partial charge in [0.1, 0.15) is 19.2 Å². The smallest absolute Gasteiger partial charge is 0.407 e. The van der Waals surface area contributed by atoms with Gasteiger partial charge in [0.15, 0.2) is 0 Å². The van der Waals surface area contributed by atoms with Crippen LogP contribution < -0.4 is 16.4 Å². The quantitative estimate of drug-likeness (QED) is 0.675. The molecule has 7 nitrogen and oxygen atoms in total. The lowest BCUT2D eigenvalue weighted by molar-refractivity contribution is -0.126. The van der Waals surface area contributed by atoms with Gasteiger partial charge in [0.2, 0.25) is 11.8 Å². The Bertz CT molecular complexity index is 476. The number of hydrogen-bond donors (Lipinski definition) is 3. The first-order valence-electron chi connectivity index (χ1n) is 6.02. The number of hydrogen-bond acceptors (Lipinski definition) is 4. The maximum Gasteiger partial charge on any atom is 0.407 e. The third-order valence-corrected chi connectivity index (χ3v) is 2.41. The minimum absolute atomic E-state index is 0.117. The second kappa shape index (κ2) is 7.78. The monoisotopic (exact) mass is 279 g/mol. The molecule has 0 bridgehead atoms. The van der Waals surface area contributed by atoms with E-state index >= 15 is 0 Å². The molecule has 7 heteroatoms. The van der Waals surface area contributed by atoms with Gasteiger partial charge >= 0.3 is 6.09 Å². The highest BCUT2D eigenvalue weighted by molar-refractivity contribution is 5.88. The molecule has 0 radical (unpaired) electrons. The molecule has 1 aromatic carbocycles. The molecular weight excluding hydrogens is 262 g/mol. The van der Waals surface area contributed by atoms with E-state index in [0.29, 0.717) is 0 Å². The first-order valence-corrected chi connectivity index (χ1v) is 6.02. The molecule has 0 heterocycles. The molecule has 20 heavy (non-hydrogen) atoms. The number of carbonyl (C=O) groups excluding carboxylic acids is 3. The van der Waals surface area contributed by atoms with Crippen molar-refractivity contribution in [1.29, 1.82) is 0 Å². The maximum absolute atomic E-state index is 11.3. The lowest BCUT2D eigenvalue weighted by atomic mass is 10.2. The number of primary amides is 1. The van der Waals surface area contributed by atoms with Gasteiger partial charge in [-0.15, -0.1) is 0 Å². The average Bonchev–Trinajstić information content (AvgIpc) is 2.43. The second-order valence-corrected chi connectivity index (χ2v) is 4.11. The number of alkyl carbamates (subject to hydrolysis) is 1. The Kier molecular flexibility index (Phi) is 6.02. The fourth-order valence-electron chi connectivity index (χ4n) is 1.29. The van der Waals surface area contributed by atoms with Crippen molar-refractivity contribution in [2.75, 3.05) is 6.54 Å². The Morgan fingerprint density at radius 1 is 1.25 bits per heavy atom. The van der Waals surface area contributed by atoms with Crippen molar-refractivity contribution in [2.45, 2.75) is 19.6 Å². The van der Waals surface area contributed by atoms with Crippen molar-refractivity contribution in [3.8, 4) is 0 Å². The Morgan fingerprint density at radius 2 is 1.90 bits per heavy atom. The van der Waals surface area contributed by atoms with Crippen molar-refractivity contribution in [3.05, 3.63) is 35.9 Å². The third kappa shape index (κ3) is 5.85. The van der Waals surface area contributed by atoms with Crippen LogP contribution in [0.2, 0.25) is 0 Å². The molecule has 1 aromatic rings. The van der Waals surface area contributed by atoms with E-state index in [1.54, 1.807) is 0 Å². The van der Waals surface area contributed by atoms with Crippen molar-refractivity contribution in [1.82, 2.24) is 10.6 Å². The summed E-state index contributed by atoms with van der Waals surface area (Å²) < 4.78 is 4.91. The van der Waals surface area contributed by atoms with Gasteiger partial charge in [0.25, 0.3) is 0 Å². The molecule has 1 unspecified atom stereocenters. The summed E-state index contributed by atoms with van der Waals surface area (Å²) >= 11 is 0. The number of amides is 3. The van der Waals surface area contributed by atoms with Crippen LogP contribution in [-0.2, 0) is 20.9 Å². The molecule has 1 atom stereocenters. The Labute approximate surface area is 116 Å². The summed E-state index contributed by atoms with van der Waals surface area (Å²) in [5, 5.41) is 4.60. The average molecular weight is 279 g/mol. The molecule has 0 fully saturated rings. The Balaban J connectivity index is 2.23. The van der Waals surface area contributed by atoms with Gasteiger partial charge < -0.3 is 21.1 Å². The predicted octanol–water partition coefficient (Wildman–Crippen LogP) is -0.0972. The standard InChI is InChI=1S/C13H17N3O4/c1-9(12(14)18)16-11(17)7-15-13(19)20-8-10-5-3-2-4-6-10/h2-6,9H,7-8H2,1H3,(H2,14,18)(H,15,19)(H,16,17). The van der Waals surface area contributed by atoms with Gasteiger partial charge in [-0.3, -0.25) is 9.59 Å². The number of rotatable bonds is 6. The summed E-state index contributed by atoms with van der Waals surface area (Å²) in [6.45, 7) is 1.28. The van der Waals surface area contributed by atoms with Crippen LogP contribution in [0.1, 0.15) is 12.5 Å². The van der Waals surface area contributed by atoms with E-state index in [1.807, 2.05) is 30.3 Å². The number of ether oxygens (including phenoxy) is 1. The minimum atomic E-state index is -0.787. The van der Waals surface area contributed by atoms with E-state index in [-0.39, 0.29) is 13.2 Å². The van der Waals surface area contributed by atoms with Crippen LogP contribution >= 0.6 is 0 Å². The fraction of sp³-hybridized carbons (Fsp3) is 0.308. The number of nitrogens with one attached hydrogen (secondary N) is 2. The summed E-state index contributed by atoms with van der Waals surface area (Å²) in [6, 6.07) is 8.35. The molecule has 0 saturated heterocycles. The van der Waals surface area contributed by atoms with Gasteiger partial charge in [-0.2, -0.15) is 0 Å². The molecule has 3 amide bonds. The van der Waals surface area contributed by atoms with E-state index < -0.39 is 23.9 Å². The normalized spacial score (nSPS) is 11.2. The molecule has 0 aromatic heterocycles. The summed E-state index contributed by atoms with van der Waals surface area (Å²) in [6.07, 6.45) is -0.712. The zero-order chi connectivity index (χ0) is 15.0. The molecule has 1 rings (SSSR count). The summed E-state index contributed by atoms with van der Waals surface area (Å²) in [5.41, 5.74) is 5.83. The number of carbonyl (C=O) groups is 3. The molecule has 0 aliphatic rings. The summed E-state index contributed by atoms with van der Waals surface area (Å²) in [5.74, 6) is -1.17. The molecule has 4 N–H and O–H groups in total. The first-order chi connectivity index (χ1) is 9.49. The fourth-order valence-corrected chi connectivity index (χ4v) is 1.29. The van der Waals surface area contributed by atoms with E-state index in [2.05, 4.69) is 10.6 Å². The Morgan fingerprint density at radius 3 is 2.50 bits per heavy atom. The van der Waals surface area contributed by atoms with E-state index in [0.717, 1.165) is 5.56 Å². The molecule has 0 aliphatic carbocycles. The topological polar surface area (TPSA) is 111 Å². The highest BCUT2D eigenvalue weighted by atomic mass is 16.5. The highest BCUT2D eigenvalue weighted by Crippen LogP contribution is 2.00. The van der Waals surface area contributed by atoms with Crippen LogP contribution in [-0.4, -0.2) is 30.5 Å². The van der Waals surface area contributed by atoms with Crippen LogP contribution in [0, 0.1) is 0 Å². The lowest BCUT2D eigenvalue weighted by Gasteiger charge is -2.11. The molecule has 0 spiro atoms. The molecule has 0 aliphatic heterocycles. The highest BCUT2D eigenvalue weighted by Gasteiger charge is 2.12. The predicted molar refractivity (Wildman–Crippen MR) is 71.4 cm³/mol. The van der Waals surface area contributed by atoms with Crippen LogP contribution in [0.5, 0.6) is 0 Å². The van der Waals surface area contributed by atoms with Crippen molar-refractivity contribution in [3.63, 3.8) is 0 Å². The van der Waals surface area contributed by atoms with Gasteiger partial charge in [0, 0.05) is 0 Å². The van der Waals surface area contributed by atoms with Gasteiger partial charge in [-0.1, -0.05) is 30.3 Å². The second-order valence-electron chi connectivity index (χ2n) is 4.11. The zero-order valence-electron chi connectivity index (χ0n) is 11.1. The number of nitrogens with two attached hydrogens (primary N) is 1. The Hall–Kier alpha value is -2.57. The van der Waals surface area contributed by atoms with Crippen molar-refractivity contribution in [2.24, 2.45) is 5.73 Å². The van der Waals surface area contributed by atoms with Crippen LogP contribution in [0.25, 0.3) is 0 Å².